The smallest absolute Gasteiger partial charge is 0.416 e. The average Bonchev–Trinajstić information content (AvgIpc) is 3.68. The van der Waals surface area contributed by atoms with Crippen molar-refractivity contribution >= 4 is 69.2 Å². The van der Waals surface area contributed by atoms with Crippen molar-refractivity contribution in [2.75, 3.05) is 55.0 Å². The number of piperidine rings is 1. The highest BCUT2D eigenvalue weighted by Crippen LogP contribution is 2.39. The maximum atomic E-state index is 14.0. The van der Waals surface area contributed by atoms with Gasteiger partial charge in [-0.05, 0) is 65.8 Å². The van der Waals surface area contributed by atoms with Crippen LogP contribution in [0.1, 0.15) is 57.6 Å². The molecule has 4 aromatic carbocycles. The number of rotatable bonds is 12. The Hall–Kier alpha value is -7.92. The fraction of sp³-hybridized carbons (Fsp3) is 0.320. The van der Waals surface area contributed by atoms with Crippen LogP contribution in [0.25, 0.3) is 10.8 Å². The number of nitrogens with one attached hydrogen (secondary N) is 3. The molecule has 2 saturated heterocycles. The number of imide groups is 1. The number of carbonyl (C=O) groups excluding carboxylic acids is 5. The Bertz CT molecular complexity index is 3050. The molecule has 9 rings (SSSR count). The Balaban J connectivity index is 0.843. The summed E-state index contributed by atoms with van der Waals surface area (Å²) >= 11 is 6.69. The van der Waals surface area contributed by atoms with Gasteiger partial charge in [0.05, 0.1) is 54.2 Å². The summed E-state index contributed by atoms with van der Waals surface area (Å²) in [4.78, 5) is 81.1. The highest BCUT2D eigenvalue weighted by molar-refractivity contribution is 6.36. The molecule has 3 N–H and O–H groups in total. The van der Waals surface area contributed by atoms with Crippen molar-refractivity contribution in [2.45, 2.75) is 63.6 Å². The first-order valence-corrected chi connectivity index (χ1v) is 23.1. The van der Waals surface area contributed by atoms with Crippen LogP contribution in [-0.4, -0.2) is 101 Å². The van der Waals surface area contributed by atoms with Gasteiger partial charge in [0.2, 0.25) is 11.8 Å². The number of hydrogen-bond donors (Lipinski definition) is 3. The molecule has 0 aliphatic carbocycles. The number of nitriles is 1. The number of halogens is 4. The minimum atomic E-state index is -4.77. The lowest BCUT2D eigenvalue weighted by Crippen LogP contribution is -2.56. The number of fused-ring (bicyclic) bond motifs is 3. The summed E-state index contributed by atoms with van der Waals surface area (Å²) in [5, 5.41) is 19.8. The van der Waals surface area contributed by atoms with Gasteiger partial charge in [0.15, 0.2) is 0 Å². The second kappa shape index (κ2) is 19.8. The SMILES string of the molecule is C=C(COc1ccc(C(F)(F)F)cc1NC(=O)NCc1ccc2c(c1)CN(C1CCC(=O)NC1=O)C2=O)C(=O)N1CCN(c2nc(OC)nc3c2CCN(c2cccc4cccc(Cl)c24)C3)CC1CC#N. The number of amides is 6. The van der Waals surface area contributed by atoms with E-state index in [9.17, 15) is 42.4 Å². The van der Waals surface area contributed by atoms with Gasteiger partial charge in [0, 0.05) is 73.5 Å². The zero-order chi connectivity index (χ0) is 50.1. The van der Waals surface area contributed by atoms with E-state index in [0.717, 1.165) is 39.8 Å². The van der Waals surface area contributed by atoms with Crippen molar-refractivity contribution < 1.29 is 46.6 Å². The minimum absolute atomic E-state index is 0.0249. The Labute approximate surface area is 410 Å². The number of benzene rings is 4. The predicted molar refractivity (Wildman–Crippen MR) is 255 cm³/mol. The Morgan fingerprint density at radius 1 is 0.986 bits per heavy atom. The number of ether oxygens (including phenoxy) is 2. The standard InChI is InChI=1S/C50H46ClF3N10O7/c1-28(27-71-41-13-10-32(50(52,53)54)22-37(41)57-48(69)56-23-29-9-11-34-31(21-29)24-64(47(34)68)40-12-14-42(65)59-45(40)66)46(67)63-20-19-62(25-33(63)15-17-55)44-35-16-18-61(26-38(35)58-49(60-44)70-2)39-8-4-6-30-5-3-7-36(51)43(30)39/h3-11,13,21-22,33,40H,1,12,14-16,18-20,23-27H2,2H3,(H2,56,57,69)(H,59,65,66). The molecule has 21 heteroatoms. The van der Waals surface area contributed by atoms with E-state index in [2.05, 4.69) is 33.5 Å². The van der Waals surface area contributed by atoms with E-state index in [4.69, 9.17) is 31.0 Å². The fourth-order valence-corrected chi connectivity index (χ4v) is 9.81. The maximum absolute atomic E-state index is 14.0. The molecule has 0 radical (unpaired) electrons. The molecule has 0 saturated carbocycles. The zero-order valence-corrected chi connectivity index (χ0v) is 39.0. The van der Waals surface area contributed by atoms with Crippen molar-refractivity contribution in [2.24, 2.45) is 0 Å². The summed E-state index contributed by atoms with van der Waals surface area (Å²) in [6, 6.07) is 19.3. The van der Waals surface area contributed by atoms with Gasteiger partial charge in [-0.2, -0.15) is 28.4 Å². The van der Waals surface area contributed by atoms with Crippen LogP contribution in [0, 0.1) is 11.3 Å². The number of hydrogen-bond acceptors (Lipinski definition) is 12. The lowest BCUT2D eigenvalue weighted by atomic mass is 10.0. The van der Waals surface area contributed by atoms with Gasteiger partial charge in [-0.15, -0.1) is 0 Å². The first kappa shape index (κ1) is 48.1. The molecule has 6 amide bonds. The van der Waals surface area contributed by atoms with Crippen LogP contribution in [0.15, 0.2) is 84.9 Å². The number of aromatic nitrogens is 2. The quantitative estimate of drug-likeness (QED) is 0.0904. The fourth-order valence-electron chi connectivity index (χ4n) is 9.53. The third-order valence-corrected chi connectivity index (χ3v) is 13.4. The van der Waals surface area contributed by atoms with Crippen LogP contribution in [0.2, 0.25) is 5.02 Å². The average molecular weight is 991 g/mol. The maximum Gasteiger partial charge on any atom is 0.416 e. The molecule has 0 spiro atoms. The number of methoxy groups -OCH3 is 1. The van der Waals surface area contributed by atoms with E-state index in [1.165, 1.54) is 16.9 Å². The molecule has 0 bridgehead atoms. The molecular weight excluding hydrogens is 945 g/mol. The van der Waals surface area contributed by atoms with E-state index in [0.29, 0.717) is 59.7 Å². The Morgan fingerprint density at radius 3 is 2.55 bits per heavy atom. The number of carbonyl (C=O) groups is 5. The molecule has 5 heterocycles. The van der Waals surface area contributed by atoms with Crippen molar-refractivity contribution in [1.82, 2.24) is 30.4 Å². The molecule has 17 nitrogen and oxygen atoms in total. The van der Waals surface area contributed by atoms with Crippen LogP contribution in [0.4, 0.5) is 35.2 Å². The summed E-state index contributed by atoms with van der Waals surface area (Å²) in [6.45, 7) is 5.36. The summed E-state index contributed by atoms with van der Waals surface area (Å²) in [6.07, 6.45) is -3.90. The van der Waals surface area contributed by atoms with Crippen molar-refractivity contribution in [3.63, 3.8) is 0 Å². The molecule has 2 atom stereocenters. The molecule has 2 fully saturated rings. The molecule has 1 aromatic heterocycles. The van der Waals surface area contributed by atoms with Crippen molar-refractivity contribution in [1.29, 1.82) is 5.26 Å². The van der Waals surface area contributed by atoms with Gasteiger partial charge in [-0.25, -0.2) is 4.79 Å². The van der Waals surface area contributed by atoms with E-state index < -0.39 is 54.2 Å². The third kappa shape index (κ3) is 9.95. The van der Waals surface area contributed by atoms with Crippen LogP contribution < -0.4 is 35.2 Å². The van der Waals surface area contributed by atoms with Crippen LogP contribution >= 0.6 is 11.6 Å². The van der Waals surface area contributed by atoms with Gasteiger partial charge in [0.1, 0.15) is 24.2 Å². The highest BCUT2D eigenvalue weighted by Gasteiger charge is 2.40. The van der Waals surface area contributed by atoms with E-state index >= 15 is 0 Å². The van der Waals surface area contributed by atoms with Gasteiger partial charge < -0.3 is 39.7 Å². The first-order chi connectivity index (χ1) is 34.1. The van der Waals surface area contributed by atoms with E-state index in [1.54, 1.807) is 18.2 Å². The number of alkyl halides is 3. The van der Waals surface area contributed by atoms with Crippen molar-refractivity contribution in [3.05, 3.63) is 123 Å². The topological polar surface area (TPSA) is 202 Å². The van der Waals surface area contributed by atoms with E-state index in [-0.39, 0.29) is 74.4 Å². The number of nitrogens with zero attached hydrogens (tertiary/aromatic N) is 7. The number of piperazine rings is 1. The summed E-state index contributed by atoms with van der Waals surface area (Å²) in [7, 11) is 1.49. The molecular formula is C50H46ClF3N10O7. The molecule has 4 aliphatic rings. The Kier molecular flexibility index (Phi) is 13.4. The molecule has 2 unspecified atom stereocenters. The van der Waals surface area contributed by atoms with Gasteiger partial charge in [-0.3, -0.25) is 24.5 Å². The molecule has 5 aromatic rings. The second-order valence-corrected chi connectivity index (χ2v) is 17.9. The number of anilines is 3. The predicted octanol–water partition coefficient (Wildman–Crippen LogP) is 6.52. The minimum Gasteiger partial charge on any atom is -0.487 e. The molecule has 71 heavy (non-hydrogen) atoms. The third-order valence-electron chi connectivity index (χ3n) is 13.0. The highest BCUT2D eigenvalue weighted by atomic mass is 35.5. The van der Waals surface area contributed by atoms with Crippen LogP contribution in [-0.2, 0) is 46.6 Å². The molecule has 4 aliphatic heterocycles. The van der Waals surface area contributed by atoms with E-state index in [1.807, 2.05) is 41.3 Å². The number of urea groups is 1. The lowest BCUT2D eigenvalue weighted by Gasteiger charge is -2.42. The van der Waals surface area contributed by atoms with Gasteiger partial charge in [0.25, 0.3) is 11.8 Å². The first-order valence-electron chi connectivity index (χ1n) is 22.7. The second-order valence-electron chi connectivity index (χ2n) is 17.5. The monoisotopic (exact) mass is 990 g/mol. The van der Waals surface area contributed by atoms with Crippen molar-refractivity contribution in [3.8, 4) is 17.8 Å². The van der Waals surface area contributed by atoms with Gasteiger partial charge in [-0.1, -0.05) is 54.6 Å². The Morgan fingerprint density at radius 2 is 1.79 bits per heavy atom. The van der Waals surface area contributed by atoms with Gasteiger partial charge >= 0.3 is 18.2 Å². The largest absolute Gasteiger partial charge is 0.487 e. The normalized spacial score (nSPS) is 17.8. The van der Waals surface area contributed by atoms with Crippen LogP contribution in [0.5, 0.6) is 11.8 Å². The molecule has 366 valence electrons. The van der Waals surface area contributed by atoms with Crippen LogP contribution in [0.3, 0.4) is 0 Å². The summed E-state index contributed by atoms with van der Waals surface area (Å²) in [5.41, 5.74) is 2.78. The lowest BCUT2D eigenvalue weighted by molar-refractivity contribution is -0.138. The summed E-state index contributed by atoms with van der Waals surface area (Å²) < 4.78 is 53.1. The zero-order valence-electron chi connectivity index (χ0n) is 38.3. The summed E-state index contributed by atoms with van der Waals surface area (Å²) in [5.74, 6) is -1.37.